The minimum absolute atomic E-state index is 0.0907. The molecule has 1 heterocycles. The van der Waals surface area contributed by atoms with Crippen LogP contribution in [0.3, 0.4) is 0 Å². The summed E-state index contributed by atoms with van der Waals surface area (Å²) in [5.74, 6) is 0.275. The quantitative estimate of drug-likeness (QED) is 0.209. The summed E-state index contributed by atoms with van der Waals surface area (Å²) in [6.07, 6.45) is 1.35. The maximum absolute atomic E-state index is 14.1. The van der Waals surface area contributed by atoms with Gasteiger partial charge in [0.25, 0.3) is 0 Å². The SMILES string of the molecule is CC(C)N(CCCl)P(=O)(OCc1cnc([N+](=O)[O-])n1C)N(CCCl)C(C)C. The van der Waals surface area contributed by atoms with Gasteiger partial charge in [-0.3, -0.25) is 9.09 Å². The second-order valence-corrected chi connectivity index (χ2v) is 9.54. The average molecular weight is 444 g/mol. The Hall–Kier alpha value is -0.700. The van der Waals surface area contributed by atoms with Crippen molar-refractivity contribution in [3.8, 4) is 0 Å². The lowest BCUT2D eigenvalue weighted by Gasteiger charge is -2.41. The minimum Gasteiger partial charge on any atom is -0.390 e. The molecule has 12 heteroatoms. The summed E-state index contributed by atoms with van der Waals surface area (Å²) in [6, 6.07) is -0.181. The summed E-state index contributed by atoms with van der Waals surface area (Å²) in [7, 11) is -1.98. The summed E-state index contributed by atoms with van der Waals surface area (Å²) in [5.41, 5.74) is 0.450. The fraction of sp³-hybridized carbons (Fsp3) is 0.800. The highest BCUT2D eigenvalue weighted by atomic mass is 35.5. The molecule has 9 nitrogen and oxygen atoms in total. The number of imidazole rings is 1. The lowest BCUT2D eigenvalue weighted by atomic mass is 10.4. The van der Waals surface area contributed by atoms with Crippen LogP contribution < -0.4 is 0 Å². The molecule has 0 fully saturated rings. The van der Waals surface area contributed by atoms with Gasteiger partial charge in [-0.15, -0.1) is 23.2 Å². The van der Waals surface area contributed by atoms with Crippen molar-refractivity contribution in [3.05, 3.63) is 22.0 Å². The van der Waals surface area contributed by atoms with Crippen molar-refractivity contribution in [2.24, 2.45) is 7.05 Å². The first-order valence-corrected chi connectivity index (χ1v) is 11.3. The predicted molar refractivity (Wildman–Crippen MR) is 107 cm³/mol. The molecule has 0 bridgehead atoms. The highest BCUT2D eigenvalue weighted by Crippen LogP contribution is 2.56. The smallest absolute Gasteiger partial charge is 0.390 e. The minimum atomic E-state index is -3.50. The Morgan fingerprint density at radius 3 is 2.04 bits per heavy atom. The molecule has 1 rings (SSSR count). The van der Waals surface area contributed by atoms with Crippen LogP contribution in [0, 0.1) is 10.1 Å². The van der Waals surface area contributed by atoms with Crippen LogP contribution in [-0.2, 0) is 22.7 Å². The number of hydrogen-bond acceptors (Lipinski definition) is 5. The van der Waals surface area contributed by atoms with E-state index in [1.807, 2.05) is 27.7 Å². The highest BCUT2D eigenvalue weighted by Gasteiger charge is 2.41. The third-order valence-corrected chi connectivity index (χ3v) is 7.50. The van der Waals surface area contributed by atoms with Gasteiger partial charge < -0.3 is 10.1 Å². The number of rotatable bonds is 12. The van der Waals surface area contributed by atoms with Gasteiger partial charge in [0.1, 0.15) is 18.5 Å². The number of hydrogen-bond donors (Lipinski definition) is 0. The molecule has 1 aromatic heterocycles. The molecule has 0 saturated heterocycles. The van der Waals surface area contributed by atoms with E-state index in [1.165, 1.54) is 17.8 Å². The zero-order valence-electron chi connectivity index (χ0n) is 16.3. The summed E-state index contributed by atoms with van der Waals surface area (Å²) in [5, 5.41) is 11.0. The monoisotopic (exact) mass is 443 g/mol. The first-order chi connectivity index (χ1) is 12.6. The number of nitrogens with zero attached hydrogens (tertiary/aromatic N) is 5. The van der Waals surface area contributed by atoms with Crippen LogP contribution in [0.2, 0.25) is 0 Å². The Balaban J connectivity index is 3.24. The third kappa shape index (κ3) is 5.89. The largest absolute Gasteiger partial charge is 0.434 e. The summed E-state index contributed by atoms with van der Waals surface area (Å²) >= 11 is 11.9. The molecule has 0 aliphatic heterocycles. The zero-order valence-corrected chi connectivity index (χ0v) is 18.7. The van der Waals surface area contributed by atoms with E-state index in [1.54, 1.807) is 9.34 Å². The van der Waals surface area contributed by atoms with Gasteiger partial charge in [0, 0.05) is 36.9 Å². The second-order valence-electron chi connectivity index (χ2n) is 6.52. The van der Waals surface area contributed by atoms with E-state index < -0.39 is 12.6 Å². The Morgan fingerprint density at radius 2 is 1.70 bits per heavy atom. The van der Waals surface area contributed by atoms with E-state index in [4.69, 9.17) is 27.7 Å². The fourth-order valence-corrected chi connectivity index (χ4v) is 6.07. The molecule has 0 unspecified atom stereocenters. The number of nitro groups is 1. The molecule has 1 aromatic rings. The van der Waals surface area contributed by atoms with Crippen LogP contribution in [0.5, 0.6) is 0 Å². The predicted octanol–water partition coefficient (Wildman–Crippen LogP) is 3.85. The Morgan fingerprint density at radius 1 is 1.22 bits per heavy atom. The molecule has 0 aromatic carbocycles. The fourth-order valence-electron chi connectivity index (χ4n) is 2.71. The third-order valence-electron chi connectivity index (χ3n) is 4.07. The molecule has 0 aliphatic carbocycles. The molecule has 0 saturated carbocycles. The molecule has 0 N–H and O–H groups in total. The van der Waals surface area contributed by atoms with Crippen molar-refractivity contribution >= 4 is 36.8 Å². The van der Waals surface area contributed by atoms with Crippen molar-refractivity contribution in [1.29, 1.82) is 0 Å². The van der Waals surface area contributed by atoms with Crippen molar-refractivity contribution in [2.75, 3.05) is 24.8 Å². The van der Waals surface area contributed by atoms with Crippen LogP contribution in [0.25, 0.3) is 0 Å². The van der Waals surface area contributed by atoms with Crippen molar-refractivity contribution in [2.45, 2.75) is 46.4 Å². The first kappa shape index (κ1) is 24.3. The zero-order chi connectivity index (χ0) is 20.8. The lowest BCUT2D eigenvalue weighted by molar-refractivity contribution is -0.396. The number of halogens is 2. The van der Waals surface area contributed by atoms with E-state index >= 15 is 0 Å². The van der Waals surface area contributed by atoms with Crippen LogP contribution >= 0.6 is 30.9 Å². The van der Waals surface area contributed by atoms with Crippen molar-refractivity contribution in [3.63, 3.8) is 0 Å². The van der Waals surface area contributed by atoms with Gasteiger partial charge in [-0.25, -0.2) is 13.9 Å². The summed E-state index contributed by atoms with van der Waals surface area (Å²) in [6.45, 7) is 8.30. The molecule has 0 amide bonds. The van der Waals surface area contributed by atoms with Crippen molar-refractivity contribution < 1.29 is 14.0 Å². The van der Waals surface area contributed by atoms with Gasteiger partial charge in [0.2, 0.25) is 0 Å². The van der Waals surface area contributed by atoms with Crippen LogP contribution in [0.1, 0.15) is 33.4 Å². The molecular formula is C15H28Cl2N5O4P. The Kier molecular flexibility index (Phi) is 9.68. The van der Waals surface area contributed by atoms with Gasteiger partial charge in [0.05, 0.1) is 7.05 Å². The van der Waals surface area contributed by atoms with Crippen molar-refractivity contribution in [1.82, 2.24) is 18.9 Å². The Labute approximate surface area is 170 Å². The van der Waals surface area contributed by atoms with Crippen LogP contribution in [-0.4, -0.2) is 60.7 Å². The van der Waals surface area contributed by atoms with Gasteiger partial charge >= 0.3 is 13.6 Å². The van der Waals surface area contributed by atoms with Gasteiger partial charge in [-0.2, -0.15) is 0 Å². The summed E-state index contributed by atoms with van der Waals surface area (Å²) < 4.78 is 24.8. The van der Waals surface area contributed by atoms with Gasteiger partial charge in [-0.1, -0.05) is 4.98 Å². The standard InChI is InChI=1S/C15H28Cl2N5O4P/c1-12(2)20(8-6-16)27(25,21(9-7-17)13(3)4)26-11-14-10-18-15(19(14)5)22(23)24/h10,12-13H,6-9,11H2,1-5H3. The first-order valence-electron chi connectivity index (χ1n) is 8.65. The summed E-state index contributed by atoms with van der Waals surface area (Å²) in [4.78, 5) is 14.2. The van der Waals surface area contributed by atoms with Gasteiger partial charge in [0.15, 0.2) is 0 Å². The molecule has 0 atom stereocenters. The van der Waals surface area contributed by atoms with E-state index in [0.29, 0.717) is 18.8 Å². The molecule has 27 heavy (non-hydrogen) atoms. The van der Waals surface area contributed by atoms with Crippen LogP contribution in [0.15, 0.2) is 6.20 Å². The topological polar surface area (TPSA) is 93.7 Å². The van der Waals surface area contributed by atoms with E-state index in [-0.39, 0.29) is 36.4 Å². The maximum atomic E-state index is 14.1. The van der Waals surface area contributed by atoms with E-state index in [9.17, 15) is 14.7 Å². The lowest BCUT2D eigenvalue weighted by Crippen LogP contribution is -2.41. The van der Waals surface area contributed by atoms with E-state index in [0.717, 1.165) is 0 Å². The molecule has 0 spiro atoms. The maximum Gasteiger partial charge on any atom is 0.434 e. The highest BCUT2D eigenvalue weighted by molar-refractivity contribution is 7.54. The molecular weight excluding hydrogens is 416 g/mol. The van der Waals surface area contributed by atoms with Crippen LogP contribution in [0.4, 0.5) is 5.95 Å². The average Bonchev–Trinajstić information content (AvgIpc) is 2.95. The second kappa shape index (κ2) is 10.7. The number of aromatic nitrogens is 2. The molecule has 156 valence electrons. The molecule has 0 radical (unpaired) electrons. The number of alkyl halides is 2. The van der Waals surface area contributed by atoms with Gasteiger partial charge in [-0.05, 0) is 32.6 Å². The normalized spacial score (nSPS) is 12.7. The molecule has 0 aliphatic rings. The Bertz CT molecular complexity index is 649. The van der Waals surface area contributed by atoms with E-state index in [2.05, 4.69) is 4.98 Å².